The number of hydrogen-bond donors (Lipinski definition) is 2. The molecule has 0 saturated heterocycles. The van der Waals surface area contributed by atoms with Crippen molar-refractivity contribution in [3.05, 3.63) is 47.4 Å². The fourth-order valence-electron chi connectivity index (χ4n) is 2.46. The number of aromatic nitrogens is 1. The van der Waals surface area contributed by atoms with Gasteiger partial charge in [0.15, 0.2) is 11.6 Å². The van der Waals surface area contributed by atoms with Crippen molar-refractivity contribution >= 4 is 0 Å². The minimum atomic E-state index is -0.858. The van der Waals surface area contributed by atoms with Gasteiger partial charge in [-0.15, -0.1) is 0 Å². The zero-order valence-electron chi connectivity index (χ0n) is 14.3. The molecule has 0 amide bonds. The van der Waals surface area contributed by atoms with Crippen LogP contribution < -0.4 is 10.1 Å². The topological polar surface area (TPSA) is 54.4 Å². The number of nitrogens with one attached hydrogen (secondary N) is 1. The van der Waals surface area contributed by atoms with E-state index < -0.39 is 17.5 Å². The van der Waals surface area contributed by atoms with Crippen LogP contribution in [0.5, 0.6) is 5.75 Å². The minimum Gasteiger partial charge on any atom is -0.493 e. The molecule has 7 heteroatoms. The Balaban J connectivity index is 2.36. The lowest BCUT2D eigenvalue weighted by Gasteiger charge is -2.20. The zero-order valence-corrected chi connectivity index (χ0v) is 14.3. The Bertz CT molecular complexity index is 739. The molecule has 0 fully saturated rings. The first-order valence-corrected chi connectivity index (χ1v) is 7.90. The summed E-state index contributed by atoms with van der Waals surface area (Å²) < 4.78 is 46.4. The molecule has 0 radical (unpaired) electrons. The highest BCUT2D eigenvalue weighted by atomic mass is 19.1. The van der Waals surface area contributed by atoms with Crippen LogP contribution in [0.2, 0.25) is 0 Å². The maximum Gasteiger partial charge on any atom is 0.168 e. The van der Waals surface area contributed by atoms with Crippen LogP contribution in [-0.2, 0) is 6.54 Å². The summed E-state index contributed by atoms with van der Waals surface area (Å²) in [6, 6.07) is 4.10. The molecule has 25 heavy (non-hydrogen) atoms. The van der Waals surface area contributed by atoms with E-state index in [1.807, 2.05) is 13.8 Å². The van der Waals surface area contributed by atoms with Crippen LogP contribution in [-0.4, -0.2) is 29.8 Å². The third-order valence-corrected chi connectivity index (χ3v) is 3.94. The molecule has 0 unspecified atom stereocenters. The van der Waals surface area contributed by atoms with Gasteiger partial charge >= 0.3 is 0 Å². The van der Waals surface area contributed by atoms with Gasteiger partial charge in [-0.25, -0.2) is 18.2 Å². The van der Waals surface area contributed by atoms with E-state index in [0.717, 1.165) is 6.07 Å². The highest BCUT2D eigenvalue weighted by Gasteiger charge is 2.17. The van der Waals surface area contributed by atoms with E-state index in [1.165, 1.54) is 19.2 Å². The Morgan fingerprint density at radius 1 is 1.16 bits per heavy atom. The number of aliphatic hydroxyl groups excluding tert-OH is 1. The first-order valence-electron chi connectivity index (χ1n) is 7.90. The van der Waals surface area contributed by atoms with Crippen molar-refractivity contribution in [3.8, 4) is 17.0 Å². The molecule has 0 aliphatic heterocycles. The van der Waals surface area contributed by atoms with Gasteiger partial charge in [0.2, 0.25) is 0 Å². The van der Waals surface area contributed by atoms with Gasteiger partial charge in [0.25, 0.3) is 0 Å². The summed E-state index contributed by atoms with van der Waals surface area (Å²) in [5.41, 5.74) is 0.380. The Kier molecular flexibility index (Phi) is 6.39. The van der Waals surface area contributed by atoms with Crippen molar-refractivity contribution in [2.24, 2.45) is 5.92 Å². The largest absolute Gasteiger partial charge is 0.493 e. The summed E-state index contributed by atoms with van der Waals surface area (Å²) in [6.07, 6.45) is 0. The van der Waals surface area contributed by atoms with Crippen molar-refractivity contribution in [2.75, 3.05) is 13.7 Å². The molecule has 2 N–H and O–H groups in total. The third-order valence-electron chi connectivity index (χ3n) is 3.94. The van der Waals surface area contributed by atoms with E-state index >= 15 is 0 Å². The van der Waals surface area contributed by atoms with E-state index in [1.54, 1.807) is 0 Å². The Labute approximate surface area is 144 Å². The maximum atomic E-state index is 14.0. The standard InChI is InChI=1S/C18H21F3N2O2/c1-10(2)17(9-24)22-8-16-13(20)4-5-15(23-16)12-6-11(19)7-14(21)18(12)25-3/h4-7,10,17,22,24H,8-9H2,1-3H3/t17-/m0/s1. The van der Waals surface area contributed by atoms with Gasteiger partial charge in [-0.1, -0.05) is 13.8 Å². The molecule has 136 valence electrons. The second-order valence-corrected chi connectivity index (χ2v) is 6.01. The number of hydrogen-bond acceptors (Lipinski definition) is 4. The number of rotatable bonds is 7. The summed E-state index contributed by atoms with van der Waals surface area (Å²) in [6.45, 7) is 3.83. The van der Waals surface area contributed by atoms with Gasteiger partial charge in [0.1, 0.15) is 11.6 Å². The number of methoxy groups -OCH3 is 1. The maximum absolute atomic E-state index is 14.0. The Morgan fingerprint density at radius 2 is 1.88 bits per heavy atom. The van der Waals surface area contributed by atoms with Crippen LogP contribution in [0.1, 0.15) is 19.5 Å². The van der Waals surface area contributed by atoms with Crippen LogP contribution in [0.4, 0.5) is 13.2 Å². The number of halogens is 3. The number of nitrogens with zero attached hydrogens (tertiary/aromatic N) is 1. The molecule has 2 aromatic rings. The normalized spacial score (nSPS) is 12.5. The van der Waals surface area contributed by atoms with Gasteiger partial charge in [0, 0.05) is 24.2 Å². The van der Waals surface area contributed by atoms with Crippen molar-refractivity contribution in [3.63, 3.8) is 0 Å². The number of aliphatic hydroxyl groups is 1. The Morgan fingerprint density at radius 3 is 2.48 bits per heavy atom. The lowest BCUT2D eigenvalue weighted by Crippen LogP contribution is -2.36. The summed E-state index contributed by atoms with van der Waals surface area (Å²) >= 11 is 0. The molecule has 0 bridgehead atoms. The lowest BCUT2D eigenvalue weighted by molar-refractivity contribution is 0.209. The molecule has 1 aromatic heterocycles. The average molecular weight is 354 g/mol. The van der Waals surface area contributed by atoms with E-state index in [2.05, 4.69) is 10.3 Å². The molecular formula is C18H21F3N2O2. The lowest BCUT2D eigenvalue weighted by atomic mass is 10.1. The van der Waals surface area contributed by atoms with Crippen molar-refractivity contribution in [1.82, 2.24) is 10.3 Å². The molecule has 1 aromatic carbocycles. The molecule has 0 aliphatic carbocycles. The predicted molar refractivity (Wildman–Crippen MR) is 88.7 cm³/mol. The molecule has 0 saturated carbocycles. The molecule has 4 nitrogen and oxygen atoms in total. The molecule has 0 spiro atoms. The smallest absolute Gasteiger partial charge is 0.168 e. The first kappa shape index (κ1) is 19.2. The number of pyridine rings is 1. The quantitative estimate of drug-likeness (QED) is 0.801. The van der Waals surface area contributed by atoms with Crippen LogP contribution in [0.3, 0.4) is 0 Å². The monoisotopic (exact) mass is 354 g/mol. The average Bonchev–Trinajstić information content (AvgIpc) is 2.56. The van der Waals surface area contributed by atoms with Gasteiger partial charge in [-0.3, -0.25) is 0 Å². The van der Waals surface area contributed by atoms with E-state index in [-0.39, 0.29) is 47.8 Å². The minimum absolute atomic E-state index is 0.0726. The highest BCUT2D eigenvalue weighted by Crippen LogP contribution is 2.32. The van der Waals surface area contributed by atoms with Crippen LogP contribution >= 0.6 is 0 Å². The fraction of sp³-hybridized carbons (Fsp3) is 0.389. The summed E-state index contributed by atoms with van der Waals surface area (Å²) in [5.74, 6) is -2.20. The van der Waals surface area contributed by atoms with Crippen LogP contribution in [0, 0.1) is 23.4 Å². The van der Waals surface area contributed by atoms with Crippen molar-refractivity contribution < 1.29 is 23.0 Å². The molecule has 1 atom stereocenters. The second-order valence-electron chi connectivity index (χ2n) is 6.01. The summed E-state index contributed by atoms with van der Waals surface area (Å²) in [5, 5.41) is 12.4. The first-order chi connectivity index (χ1) is 11.9. The van der Waals surface area contributed by atoms with E-state index in [0.29, 0.717) is 6.07 Å². The Hall–Kier alpha value is -2.12. The summed E-state index contributed by atoms with van der Waals surface area (Å²) in [7, 11) is 1.26. The molecule has 0 aliphatic rings. The summed E-state index contributed by atoms with van der Waals surface area (Å²) in [4.78, 5) is 4.17. The van der Waals surface area contributed by atoms with E-state index in [9.17, 15) is 18.3 Å². The third kappa shape index (κ3) is 4.49. The van der Waals surface area contributed by atoms with E-state index in [4.69, 9.17) is 4.74 Å². The van der Waals surface area contributed by atoms with Crippen molar-refractivity contribution in [1.29, 1.82) is 0 Å². The van der Waals surface area contributed by atoms with Crippen molar-refractivity contribution in [2.45, 2.75) is 26.4 Å². The molecular weight excluding hydrogens is 333 g/mol. The van der Waals surface area contributed by atoms with Gasteiger partial charge in [-0.2, -0.15) is 0 Å². The number of benzene rings is 1. The molecule has 1 heterocycles. The molecule has 2 rings (SSSR count). The SMILES string of the molecule is COc1c(F)cc(F)cc1-c1ccc(F)c(CN[C@@H](CO)C(C)C)n1. The highest BCUT2D eigenvalue weighted by molar-refractivity contribution is 5.67. The second kappa shape index (κ2) is 8.31. The van der Waals surface area contributed by atoms with Gasteiger partial charge < -0.3 is 15.2 Å². The van der Waals surface area contributed by atoms with Crippen LogP contribution in [0.15, 0.2) is 24.3 Å². The predicted octanol–water partition coefficient (Wildman–Crippen LogP) is 3.28. The zero-order chi connectivity index (χ0) is 18.6. The number of ether oxygens (including phenoxy) is 1. The van der Waals surface area contributed by atoms with Gasteiger partial charge in [-0.05, 0) is 24.1 Å². The fourth-order valence-corrected chi connectivity index (χ4v) is 2.46. The van der Waals surface area contributed by atoms with Crippen LogP contribution in [0.25, 0.3) is 11.3 Å². The van der Waals surface area contributed by atoms with Gasteiger partial charge in [0.05, 0.1) is 25.1 Å².